The SMILES string of the molecule is CC(C)NC(=O)CN1CCC(C(C)CCOC(C)C)CC1. The number of rotatable bonds is 8. The highest BCUT2D eigenvalue weighted by Crippen LogP contribution is 2.27. The maximum absolute atomic E-state index is 11.8. The van der Waals surface area contributed by atoms with Crippen molar-refractivity contribution in [3.05, 3.63) is 0 Å². The van der Waals surface area contributed by atoms with Crippen LogP contribution in [-0.4, -0.2) is 49.2 Å². The molecule has 1 aliphatic heterocycles. The van der Waals surface area contributed by atoms with E-state index in [-0.39, 0.29) is 11.9 Å². The molecule has 1 fully saturated rings. The maximum atomic E-state index is 11.8. The van der Waals surface area contributed by atoms with Gasteiger partial charge in [-0.2, -0.15) is 0 Å². The highest BCUT2D eigenvalue weighted by atomic mass is 16.5. The molecule has 1 N–H and O–H groups in total. The van der Waals surface area contributed by atoms with Gasteiger partial charge in [0.1, 0.15) is 0 Å². The van der Waals surface area contributed by atoms with Crippen molar-refractivity contribution in [2.24, 2.45) is 11.8 Å². The Bertz CT molecular complexity index is 297. The van der Waals surface area contributed by atoms with Crippen molar-refractivity contribution in [1.82, 2.24) is 10.2 Å². The van der Waals surface area contributed by atoms with Gasteiger partial charge < -0.3 is 10.1 Å². The quantitative estimate of drug-likeness (QED) is 0.749. The molecular weight excluding hydrogens is 264 g/mol. The second-order valence-corrected chi connectivity index (χ2v) is 7.02. The molecule has 0 radical (unpaired) electrons. The minimum Gasteiger partial charge on any atom is -0.379 e. The van der Waals surface area contributed by atoms with Gasteiger partial charge in [0.25, 0.3) is 0 Å². The zero-order valence-electron chi connectivity index (χ0n) is 14.5. The first-order valence-electron chi connectivity index (χ1n) is 8.51. The molecule has 0 aliphatic carbocycles. The normalized spacial score (nSPS) is 19.2. The second kappa shape index (κ2) is 9.42. The fourth-order valence-electron chi connectivity index (χ4n) is 2.98. The molecule has 1 amide bonds. The summed E-state index contributed by atoms with van der Waals surface area (Å²) in [7, 11) is 0. The summed E-state index contributed by atoms with van der Waals surface area (Å²) in [5.41, 5.74) is 0. The van der Waals surface area contributed by atoms with Crippen molar-refractivity contribution in [2.45, 2.75) is 66.0 Å². The monoisotopic (exact) mass is 298 g/mol. The summed E-state index contributed by atoms with van der Waals surface area (Å²) in [4.78, 5) is 14.1. The first-order chi connectivity index (χ1) is 9.88. The fraction of sp³-hybridized carbons (Fsp3) is 0.941. The van der Waals surface area contributed by atoms with Crippen LogP contribution in [-0.2, 0) is 9.53 Å². The Balaban J connectivity index is 2.20. The third-order valence-electron chi connectivity index (χ3n) is 4.28. The average Bonchev–Trinajstić information content (AvgIpc) is 2.37. The van der Waals surface area contributed by atoms with E-state index in [2.05, 4.69) is 31.0 Å². The summed E-state index contributed by atoms with van der Waals surface area (Å²) in [6.45, 7) is 14.0. The molecule has 0 spiro atoms. The van der Waals surface area contributed by atoms with E-state index in [9.17, 15) is 4.79 Å². The summed E-state index contributed by atoms with van der Waals surface area (Å²) >= 11 is 0. The standard InChI is InChI=1S/C17H34N2O2/c1-13(2)18-17(20)12-19-9-6-16(7-10-19)15(5)8-11-21-14(3)4/h13-16H,6-12H2,1-5H3,(H,18,20). The van der Waals surface area contributed by atoms with Crippen molar-refractivity contribution in [2.75, 3.05) is 26.2 Å². The number of nitrogens with one attached hydrogen (secondary N) is 1. The molecule has 0 aromatic heterocycles. The van der Waals surface area contributed by atoms with Gasteiger partial charge in [0, 0.05) is 12.6 Å². The molecule has 1 aliphatic rings. The van der Waals surface area contributed by atoms with Crippen molar-refractivity contribution >= 4 is 5.91 Å². The van der Waals surface area contributed by atoms with Crippen molar-refractivity contribution < 1.29 is 9.53 Å². The predicted molar refractivity (Wildman–Crippen MR) is 87.3 cm³/mol. The summed E-state index contributed by atoms with van der Waals surface area (Å²) in [6.07, 6.45) is 3.89. The van der Waals surface area contributed by atoms with Crippen molar-refractivity contribution in [3.8, 4) is 0 Å². The maximum Gasteiger partial charge on any atom is 0.234 e. The van der Waals surface area contributed by atoms with Gasteiger partial charge in [-0.3, -0.25) is 9.69 Å². The molecule has 0 aromatic carbocycles. The van der Waals surface area contributed by atoms with E-state index in [0.717, 1.165) is 38.0 Å². The molecule has 1 unspecified atom stereocenters. The molecule has 21 heavy (non-hydrogen) atoms. The Morgan fingerprint density at radius 3 is 2.33 bits per heavy atom. The Labute approximate surface area is 130 Å². The van der Waals surface area contributed by atoms with Crippen LogP contribution in [0.3, 0.4) is 0 Å². The van der Waals surface area contributed by atoms with E-state index in [1.54, 1.807) is 0 Å². The van der Waals surface area contributed by atoms with E-state index in [0.29, 0.717) is 12.6 Å². The highest BCUT2D eigenvalue weighted by Gasteiger charge is 2.24. The summed E-state index contributed by atoms with van der Waals surface area (Å²) < 4.78 is 5.65. The van der Waals surface area contributed by atoms with Crippen LogP contribution >= 0.6 is 0 Å². The highest BCUT2D eigenvalue weighted by molar-refractivity contribution is 5.78. The van der Waals surface area contributed by atoms with Gasteiger partial charge in [0.15, 0.2) is 0 Å². The van der Waals surface area contributed by atoms with Gasteiger partial charge in [0.05, 0.1) is 12.6 Å². The lowest BCUT2D eigenvalue weighted by atomic mass is 9.84. The molecule has 124 valence electrons. The molecule has 1 rings (SSSR count). The predicted octanol–water partition coefficient (Wildman–Crippen LogP) is 2.67. The minimum absolute atomic E-state index is 0.154. The zero-order chi connectivity index (χ0) is 15.8. The van der Waals surface area contributed by atoms with E-state index < -0.39 is 0 Å². The number of amides is 1. The number of nitrogens with zero attached hydrogens (tertiary/aromatic N) is 1. The molecule has 0 saturated carbocycles. The number of hydrogen-bond acceptors (Lipinski definition) is 3. The summed E-state index contributed by atoms with van der Waals surface area (Å²) in [5, 5.41) is 2.97. The van der Waals surface area contributed by atoms with Gasteiger partial charge in [-0.05, 0) is 71.9 Å². The third-order valence-corrected chi connectivity index (χ3v) is 4.28. The van der Waals surface area contributed by atoms with Crippen LogP contribution in [0, 0.1) is 11.8 Å². The van der Waals surface area contributed by atoms with Gasteiger partial charge >= 0.3 is 0 Å². The van der Waals surface area contributed by atoms with Gasteiger partial charge in [-0.25, -0.2) is 0 Å². The van der Waals surface area contributed by atoms with Crippen LogP contribution in [0.1, 0.15) is 53.9 Å². The topological polar surface area (TPSA) is 41.6 Å². The molecule has 0 bridgehead atoms. The molecule has 4 heteroatoms. The summed E-state index contributed by atoms with van der Waals surface area (Å²) in [6, 6.07) is 0.232. The molecule has 1 heterocycles. The fourth-order valence-corrected chi connectivity index (χ4v) is 2.98. The number of ether oxygens (including phenoxy) is 1. The van der Waals surface area contributed by atoms with Crippen molar-refractivity contribution in [1.29, 1.82) is 0 Å². The van der Waals surface area contributed by atoms with Crippen LogP contribution in [0.5, 0.6) is 0 Å². The molecular formula is C17H34N2O2. The number of likely N-dealkylation sites (tertiary alicyclic amines) is 1. The lowest BCUT2D eigenvalue weighted by molar-refractivity contribution is -0.123. The van der Waals surface area contributed by atoms with E-state index in [4.69, 9.17) is 4.74 Å². The largest absolute Gasteiger partial charge is 0.379 e. The Hall–Kier alpha value is -0.610. The number of carbonyl (C=O) groups is 1. The Kier molecular flexibility index (Phi) is 8.27. The van der Waals surface area contributed by atoms with Crippen LogP contribution in [0.15, 0.2) is 0 Å². The number of carbonyl (C=O) groups excluding carboxylic acids is 1. The lowest BCUT2D eigenvalue weighted by Gasteiger charge is -2.34. The molecule has 1 atom stereocenters. The van der Waals surface area contributed by atoms with Crippen LogP contribution < -0.4 is 5.32 Å². The number of piperidine rings is 1. The van der Waals surface area contributed by atoms with Gasteiger partial charge in [-0.1, -0.05) is 6.92 Å². The third kappa shape index (κ3) is 7.82. The van der Waals surface area contributed by atoms with Crippen LogP contribution in [0.4, 0.5) is 0 Å². The van der Waals surface area contributed by atoms with E-state index >= 15 is 0 Å². The first kappa shape index (κ1) is 18.4. The van der Waals surface area contributed by atoms with E-state index in [1.165, 1.54) is 12.8 Å². The zero-order valence-corrected chi connectivity index (χ0v) is 14.5. The second-order valence-electron chi connectivity index (χ2n) is 7.02. The lowest BCUT2D eigenvalue weighted by Crippen LogP contribution is -2.44. The van der Waals surface area contributed by atoms with Gasteiger partial charge in [-0.15, -0.1) is 0 Å². The molecule has 0 aromatic rings. The molecule has 4 nitrogen and oxygen atoms in total. The summed E-state index contributed by atoms with van der Waals surface area (Å²) in [5.74, 6) is 1.65. The van der Waals surface area contributed by atoms with Gasteiger partial charge in [0.2, 0.25) is 5.91 Å². The minimum atomic E-state index is 0.154. The van der Waals surface area contributed by atoms with Crippen LogP contribution in [0.25, 0.3) is 0 Å². The van der Waals surface area contributed by atoms with Crippen molar-refractivity contribution in [3.63, 3.8) is 0 Å². The van der Waals surface area contributed by atoms with E-state index in [1.807, 2.05) is 13.8 Å². The first-order valence-corrected chi connectivity index (χ1v) is 8.51. The Morgan fingerprint density at radius 2 is 1.81 bits per heavy atom. The smallest absolute Gasteiger partial charge is 0.234 e. The average molecular weight is 298 g/mol. The molecule has 1 saturated heterocycles. The van der Waals surface area contributed by atoms with Crippen LogP contribution in [0.2, 0.25) is 0 Å². The number of hydrogen-bond donors (Lipinski definition) is 1. The Morgan fingerprint density at radius 1 is 1.19 bits per heavy atom.